The maximum atomic E-state index is 11.8. The van der Waals surface area contributed by atoms with Gasteiger partial charge >= 0.3 is 5.97 Å². The maximum Gasteiger partial charge on any atom is 0.373 e. The third kappa shape index (κ3) is 4.03. The van der Waals surface area contributed by atoms with E-state index in [-0.39, 0.29) is 11.5 Å². The van der Waals surface area contributed by atoms with Crippen molar-refractivity contribution >= 4 is 5.97 Å². The number of carbonyl (C=O) groups excluding carboxylic acids is 1. The highest BCUT2D eigenvalue weighted by Gasteiger charge is 2.18. The summed E-state index contributed by atoms with van der Waals surface area (Å²) in [5.41, 5.74) is 0.233. The van der Waals surface area contributed by atoms with Gasteiger partial charge in [-0.15, -0.1) is 0 Å². The Morgan fingerprint density at radius 2 is 1.60 bits per heavy atom. The maximum absolute atomic E-state index is 11.8. The second-order valence-corrected chi connectivity index (χ2v) is 4.26. The molecule has 0 aliphatic carbocycles. The monoisotopic (exact) mass is 283 g/mol. The van der Waals surface area contributed by atoms with Gasteiger partial charge in [0, 0.05) is 0 Å². The van der Waals surface area contributed by atoms with Crippen LogP contribution in [0.15, 0.2) is 12.1 Å². The predicted octanol–water partition coefficient (Wildman–Crippen LogP) is 2.62. The van der Waals surface area contributed by atoms with Gasteiger partial charge in [0.05, 0.1) is 26.9 Å². The van der Waals surface area contributed by atoms with Crippen LogP contribution in [0.4, 0.5) is 0 Å². The molecule has 0 fully saturated rings. The number of methoxy groups -OCH3 is 3. The fraction of sp³-hybridized carbons (Fsp3) is 0.429. The Labute approximate surface area is 118 Å². The summed E-state index contributed by atoms with van der Waals surface area (Å²) in [4.78, 5) is 21.2. The molecule has 6 nitrogen and oxygen atoms in total. The predicted molar refractivity (Wildman–Crippen MR) is 71.7 cm³/mol. The Balaban J connectivity index is 2.92. The van der Waals surface area contributed by atoms with Crippen LogP contribution in [-0.4, -0.2) is 27.3 Å². The molecule has 1 aromatic carbocycles. The molecule has 0 aliphatic heterocycles. The lowest BCUT2D eigenvalue weighted by Gasteiger charge is -2.13. The molecule has 0 N–H and O–H groups in total. The SMILES string of the molecule is COc1cc(C(=O)OO[CH]C(C)C)cc(OC)c1OC. The van der Waals surface area contributed by atoms with Gasteiger partial charge in [-0.2, -0.15) is 4.89 Å². The summed E-state index contributed by atoms with van der Waals surface area (Å²) in [5, 5.41) is 0. The van der Waals surface area contributed by atoms with Crippen molar-refractivity contribution in [3.8, 4) is 17.2 Å². The van der Waals surface area contributed by atoms with Crippen LogP contribution in [0.1, 0.15) is 24.2 Å². The van der Waals surface area contributed by atoms with E-state index >= 15 is 0 Å². The van der Waals surface area contributed by atoms with Crippen molar-refractivity contribution in [2.45, 2.75) is 13.8 Å². The summed E-state index contributed by atoms with van der Waals surface area (Å²) in [7, 11) is 4.42. The fourth-order valence-corrected chi connectivity index (χ4v) is 1.43. The molecule has 0 spiro atoms. The van der Waals surface area contributed by atoms with E-state index in [1.165, 1.54) is 40.1 Å². The summed E-state index contributed by atoms with van der Waals surface area (Å²) in [5.74, 6) is 0.628. The van der Waals surface area contributed by atoms with Gasteiger partial charge in [0.1, 0.15) is 6.61 Å². The van der Waals surface area contributed by atoms with Crippen molar-refractivity contribution in [2.75, 3.05) is 21.3 Å². The molecular weight excluding hydrogens is 264 g/mol. The van der Waals surface area contributed by atoms with Crippen molar-refractivity contribution in [1.82, 2.24) is 0 Å². The first-order valence-corrected chi connectivity index (χ1v) is 6.04. The average molecular weight is 283 g/mol. The highest BCUT2D eigenvalue weighted by molar-refractivity contribution is 5.90. The Kier molecular flexibility index (Phi) is 6.11. The van der Waals surface area contributed by atoms with Crippen molar-refractivity contribution in [3.63, 3.8) is 0 Å². The zero-order chi connectivity index (χ0) is 15.1. The first-order valence-electron chi connectivity index (χ1n) is 6.04. The molecule has 111 valence electrons. The summed E-state index contributed by atoms with van der Waals surface area (Å²) in [6.45, 7) is 5.20. The van der Waals surface area contributed by atoms with Crippen LogP contribution in [0.3, 0.4) is 0 Å². The molecule has 0 amide bonds. The van der Waals surface area contributed by atoms with E-state index in [1.807, 2.05) is 13.8 Å². The third-order valence-electron chi connectivity index (χ3n) is 2.35. The van der Waals surface area contributed by atoms with Gasteiger partial charge in [-0.3, -0.25) is 4.89 Å². The van der Waals surface area contributed by atoms with Gasteiger partial charge in [0.25, 0.3) is 0 Å². The van der Waals surface area contributed by atoms with Gasteiger partial charge in [-0.1, -0.05) is 13.8 Å². The van der Waals surface area contributed by atoms with E-state index in [0.29, 0.717) is 17.2 Å². The molecule has 1 rings (SSSR count). The van der Waals surface area contributed by atoms with E-state index in [1.54, 1.807) is 0 Å². The quantitative estimate of drug-likeness (QED) is 0.566. The molecule has 1 radical (unpaired) electrons. The highest BCUT2D eigenvalue weighted by atomic mass is 17.2. The van der Waals surface area contributed by atoms with Crippen LogP contribution in [0.5, 0.6) is 17.2 Å². The van der Waals surface area contributed by atoms with E-state index in [4.69, 9.17) is 19.1 Å². The lowest BCUT2D eigenvalue weighted by Crippen LogP contribution is -2.08. The van der Waals surface area contributed by atoms with E-state index < -0.39 is 5.97 Å². The van der Waals surface area contributed by atoms with Crippen LogP contribution in [0.25, 0.3) is 0 Å². The minimum Gasteiger partial charge on any atom is -0.493 e. The van der Waals surface area contributed by atoms with Gasteiger partial charge in [0.15, 0.2) is 11.5 Å². The first kappa shape index (κ1) is 16.1. The Hall–Kier alpha value is -1.95. The topological polar surface area (TPSA) is 63.2 Å². The molecule has 0 aromatic heterocycles. The molecule has 0 saturated heterocycles. The molecule has 6 heteroatoms. The minimum absolute atomic E-state index is 0.141. The van der Waals surface area contributed by atoms with Gasteiger partial charge in [-0.05, 0) is 18.1 Å². The summed E-state index contributed by atoms with van der Waals surface area (Å²) >= 11 is 0. The summed E-state index contributed by atoms with van der Waals surface area (Å²) < 4.78 is 15.5. The first-order chi connectivity index (χ1) is 9.53. The van der Waals surface area contributed by atoms with Gasteiger partial charge < -0.3 is 14.2 Å². The highest BCUT2D eigenvalue weighted by Crippen LogP contribution is 2.38. The zero-order valence-corrected chi connectivity index (χ0v) is 12.3. The Bertz CT molecular complexity index is 430. The molecule has 1 aromatic rings. The van der Waals surface area contributed by atoms with Crippen molar-refractivity contribution in [3.05, 3.63) is 24.3 Å². The van der Waals surface area contributed by atoms with E-state index in [0.717, 1.165) is 0 Å². The summed E-state index contributed by atoms with van der Waals surface area (Å²) in [6.07, 6.45) is 0. The van der Waals surface area contributed by atoms with Crippen LogP contribution in [-0.2, 0) is 9.78 Å². The number of carbonyl (C=O) groups is 1. The standard InChI is InChI=1S/C14H19O6/c1-9(2)8-19-20-14(15)10-6-11(16-3)13(18-5)12(7-10)17-4/h6-9H,1-5H3. The lowest BCUT2D eigenvalue weighted by molar-refractivity contribution is -0.217. The normalized spacial score (nSPS) is 10.3. The minimum atomic E-state index is -0.652. The largest absolute Gasteiger partial charge is 0.493 e. The molecule has 0 aliphatic rings. The lowest BCUT2D eigenvalue weighted by atomic mass is 10.2. The summed E-state index contributed by atoms with van der Waals surface area (Å²) in [6, 6.07) is 2.98. The third-order valence-corrected chi connectivity index (χ3v) is 2.35. The Morgan fingerprint density at radius 1 is 1.05 bits per heavy atom. The Morgan fingerprint density at radius 3 is 2.00 bits per heavy atom. The zero-order valence-electron chi connectivity index (χ0n) is 12.3. The molecule has 20 heavy (non-hydrogen) atoms. The van der Waals surface area contributed by atoms with Crippen LogP contribution in [0, 0.1) is 12.5 Å². The van der Waals surface area contributed by atoms with Crippen molar-refractivity contribution in [2.24, 2.45) is 5.92 Å². The fourth-order valence-electron chi connectivity index (χ4n) is 1.43. The van der Waals surface area contributed by atoms with Gasteiger partial charge in [0.2, 0.25) is 5.75 Å². The average Bonchev–Trinajstić information content (AvgIpc) is 2.44. The second-order valence-electron chi connectivity index (χ2n) is 4.26. The number of hydrogen-bond acceptors (Lipinski definition) is 6. The smallest absolute Gasteiger partial charge is 0.373 e. The number of ether oxygens (including phenoxy) is 3. The van der Waals surface area contributed by atoms with Crippen LogP contribution < -0.4 is 14.2 Å². The van der Waals surface area contributed by atoms with Crippen LogP contribution >= 0.6 is 0 Å². The molecule has 0 atom stereocenters. The molecule has 0 heterocycles. The van der Waals surface area contributed by atoms with Crippen LogP contribution in [0.2, 0.25) is 0 Å². The molecular formula is C14H19O6. The molecule has 0 saturated carbocycles. The number of hydrogen-bond donors (Lipinski definition) is 0. The molecule has 0 bridgehead atoms. The second kappa shape index (κ2) is 7.59. The van der Waals surface area contributed by atoms with Gasteiger partial charge in [-0.25, -0.2) is 4.79 Å². The number of benzene rings is 1. The van der Waals surface area contributed by atoms with Crippen molar-refractivity contribution < 1.29 is 28.8 Å². The molecule has 0 unspecified atom stereocenters. The van der Waals surface area contributed by atoms with Crippen molar-refractivity contribution in [1.29, 1.82) is 0 Å². The van der Waals surface area contributed by atoms with E-state index in [2.05, 4.69) is 4.89 Å². The van der Waals surface area contributed by atoms with E-state index in [9.17, 15) is 4.79 Å². The number of rotatable bonds is 7.